The maximum atomic E-state index is 11.2. The molecule has 0 saturated heterocycles. The first-order chi connectivity index (χ1) is 14.2. The Hall–Kier alpha value is -3.89. The Bertz CT molecular complexity index is 1120. The molecular formula is C22H16N4O3. The quantitative estimate of drug-likeness (QED) is 0.746. The van der Waals surface area contributed by atoms with Crippen LogP contribution < -0.4 is 14.5 Å². The van der Waals surface area contributed by atoms with Crippen LogP contribution in [0.25, 0.3) is 0 Å². The number of hydrogen-bond donors (Lipinski definition) is 1. The van der Waals surface area contributed by atoms with E-state index in [9.17, 15) is 5.11 Å². The minimum absolute atomic E-state index is 0.183. The molecule has 0 aliphatic carbocycles. The van der Waals surface area contributed by atoms with E-state index < -0.39 is 12.1 Å². The van der Waals surface area contributed by atoms with Gasteiger partial charge in [-0.05, 0) is 42.0 Å². The Kier molecular flexibility index (Phi) is 4.12. The molecule has 0 radical (unpaired) electrons. The maximum absolute atomic E-state index is 11.2. The van der Waals surface area contributed by atoms with Crippen molar-refractivity contribution in [3.63, 3.8) is 0 Å². The summed E-state index contributed by atoms with van der Waals surface area (Å²) in [5.74, 6) is 1.94. The van der Waals surface area contributed by atoms with Crippen molar-refractivity contribution >= 4 is 11.5 Å². The summed E-state index contributed by atoms with van der Waals surface area (Å²) < 4.78 is 10.9. The number of anilines is 1. The molecule has 1 aromatic heterocycles. The Labute approximate surface area is 167 Å². The van der Waals surface area contributed by atoms with Gasteiger partial charge in [-0.2, -0.15) is 10.4 Å². The maximum Gasteiger partial charge on any atom is 0.231 e. The second-order valence-corrected chi connectivity index (χ2v) is 6.71. The Morgan fingerprint density at radius 3 is 2.62 bits per heavy atom. The Morgan fingerprint density at radius 2 is 1.86 bits per heavy atom. The molecule has 0 unspecified atom stereocenters. The minimum Gasteiger partial charge on any atom is -0.454 e. The van der Waals surface area contributed by atoms with Gasteiger partial charge in [-0.3, -0.25) is 0 Å². The van der Waals surface area contributed by atoms with Crippen molar-refractivity contribution < 1.29 is 14.6 Å². The van der Waals surface area contributed by atoms with E-state index in [1.54, 1.807) is 35.5 Å². The lowest BCUT2D eigenvalue weighted by atomic mass is 9.95. The molecule has 3 aromatic rings. The predicted octanol–water partition coefficient (Wildman–Crippen LogP) is 3.01. The summed E-state index contributed by atoms with van der Waals surface area (Å²) in [7, 11) is 0. The fourth-order valence-electron chi connectivity index (χ4n) is 3.57. The molecule has 2 aromatic carbocycles. The highest BCUT2D eigenvalue weighted by Gasteiger charge is 2.39. The summed E-state index contributed by atoms with van der Waals surface area (Å²) in [6.07, 6.45) is 0.790. The van der Waals surface area contributed by atoms with Gasteiger partial charge in [0.2, 0.25) is 6.79 Å². The highest BCUT2D eigenvalue weighted by molar-refractivity contribution is 6.06. The lowest BCUT2D eigenvalue weighted by Crippen LogP contribution is -2.30. The topological polar surface area (TPSA) is 91.0 Å². The zero-order valence-corrected chi connectivity index (χ0v) is 15.3. The molecule has 2 aliphatic heterocycles. The number of aromatic nitrogens is 1. The third-order valence-corrected chi connectivity index (χ3v) is 4.99. The van der Waals surface area contributed by atoms with E-state index in [4.69, 9.17) is 19.8 Å². The zero-order chi connectivity index (χ0) is 19.8. The first kappa shape index (κ1) is 17.2. The van der Waals surface area contributed by atoms with Crippen molar-refractivity contribution in [3.8, 4) is 17.6 Å². The highest BCUT2D eigenvalue weighted by atomic mass is 16.7. The number of hydrazone groups is 1. The van der Waals surface area contributed by atoms with Crippen LogP contribution in [0.4, 0.5) is 5.82 Å². The lowest BCUT2D eigenvalue weighted by molar-refractivity contribution is 0.174. The van der Waals surface area contributed by atoms with Crippen LogP contribution in [-0.4, -0.2) is 28.7 Å². The third-order valence-electron chi connectivity index (χ3n) is 4.99. The van der Waals surface area contributed by atoms with Crippen molar-refractivity contribution in [2.75, 3.05) is 11.8 Å². The molecule has 0 saturated carbocycles. The van der Waals surface area contributed by atoms with Gasteiger partial charge in [0.05, 0.1) is 17.3 Å². The molecule has 7 heteroatoms. The third kappa shape index (κ3) is 2.96. The van der Waals surface area contributed by atoms with Gasteiger partial charge >= 0.3 is 0 Å². The first-order valence-electron chi connectivity index (χ1n) is 9.11. The van der Waals surface area contributed by atoms with Gasteiger partial charge in [-0.1, -0.05) is 24.3 Å². The van der Waals surface area contributed by atoms with Gasteiger partial charge in [-0.15, -0.1) is 0 Å². The monoisotopic (exact) mass is 384 g/mol. The second-order valence-electron chi connectivity index (χ2n) is 6.71. The number of rotatable bonds is 3. The summed E-state index contributed by atoms with van der Waals surface area (Å²) in [5.41, 5.74) is 2.65. The zero-order valence-electron chi connectivity index (χ0n) is 15.3. The van der Waals surface area contributed by atoms with Gasteiger partial charge in [0.1, 0.15) is 18.0 Å². The average molecular weight is 384 g/mol. The summed E-state index contributed by atoms with van der Waals surface area (Å²) in [6.45, 7) is 0.183. The summed E-state index contributed by atoms with van der Waals surface area (Å²) in [4.78, 5) is 4.41. The average Bonchev–Trinajstić information content (AvgIpc) is 3.38. The van der Waals surface area contributed by atoms with Gasteiger partial charge in [0.25, 0.3) is 0 Å². The number of fused-ring (bicyclic) bond motifs is 1. The van der Waals surface area contributed by atoms with E-state index in [0.29, 0.717) is 28.6 Å². The predicted molar refractivity (Wildman–Crippen MR) is 106 cm³/mol. The molecular weight excluding hydrogens is 368 g/mol. The number of nitrogens with zero attached hydrogens (tertiary/aromatic N) is 4. The van der Waals surface area contributed by atoms with Crippen molar-refractivity contribution in [1.82, 2.24) is 4.98 Å². The minimum atomic E-state index is -0.898. The van der Waals surface area contributed by atoms with Crippen molar-refractivity contribution in [3.05, 3.63) is 83.6 Å². The van der Waals surface area contributed by atoms with Crippen molar-refractivity contribution in [2.45, 2.75) is 12.1 Å². The molecule has 0 spiro atoms. The van der Waals surface area contributed by atoms with Crippen LogP contribution >= 0.6 is 0 Å². The SMILES string of the molecule is N#Cc1ccc(C2=NN(c3ccccn3)[C@H](c3ccc4c(c3)OCO4)[C@H]2O)cc1. The molecule has 5 rings (SSSR count). The van der Waals surface area contributed by atoms with E-state index in [0.717, 1.165) is 11.1 Å². The van der Waals surface area contributed by atoms with E-state index >= 15 is 0 Å². The van der Waals surface area contributed by atoms with Crippen molar-refractivity contribution in [1.29, 1.82) is 5.26 Å². The number of pyridine rings is 1. The molecule has 2 aliphatic rings. The van der Waals surface area contributed by atoms with E-state index in [2.05, 4.69) is 11.1 Å². The van der Waals surface area contributed by atoms with Crippen LogP contribution in [0.15, 0.2) is 72.0 Å². The van der Waals surface area contributed by atoms with Gasteiger partial charge in [0.15, 0.2) is 11.5 Å². The highest BCUT2D eigenvalue weighted by Crippen LogP contribution is 2.40. The van der Waals surface area contributed by atoms with E-state index in [-0.39, 0.29) is 6.79 Å². The summed E-state index contributed by atoms with van der Waals surface area (Å²) in [5, 5.41) is 26.7. The standard InChI is InChI=1S/C22H16N4O3/c23-12-14-4-6-15(7-5-14)20-22(27)21(26(25-20)19-3-1-2-10-24-19)16-8-9-17-18(11-16)29-13-28-17/h1-11,21-22,27H,13H2/t21-,22+/m1/s1. The van der Waals surface area contributed by atoms with Crippen LogP contribution in [0, 0.1) is 11.3 Å². The number of ether oxygens (including phenoxy) is 2. The lowest BCUT2D eigenvalue weighted by Gasteiger charge is -2.25. The van der Waals surface area contributed by atoms with Gasteiger partial charge in [-0.25, -0.2) is 9.99 Å². The summed E-state index contributed by atoms with van der Waals surface area (Å²) >= 11 is 0. The van der Waals surface area contributed by atoms with Crippen LogP contribution in [0.2, 0.25) is 0 Å². The number of nitriles is 1. The van der Waals surface area contributed by atoms with Crippen LogP contribution in [0.1, 0.15) is 22.7 Å². The van der Waals surface area contributed by atoms with Gasteiger partial charge in [0, 0.05) is 11.8 Å². The first-order valence-corrected chi connectivity index (χ1v) is 9.11. The fraction of sp³-hybridized carbons (Fsp3) is 0.136. The Balaban J connectivity index is 1.58. The number of hydrogen-bond acceptors (Lipinski definition) is 7. The fourth-order valence-corrected chi connectivity index (χ4v) is 3.57. The molecule has 0 bridgehead atoms. The van der Waals surface area contributed by atoms with E-state index in [1.165, 1.54) is 0 Å². The summed E-state index contributed by atoms with van der Waals surface area (Å²) in [6, 6.07) is 19.8. The van der Waals surface area contributed by atoms with Crippen LogP contribution in [-0.2, 0) is 0 Å². The molecule has 0 amide bonds. The molecule has 142 valence electrons. The number of aliphatic hydroxyl groups excluding tert-OH is 1. The molecule has 3 heterocycles. The normalized spacial score (nSPS) is 19.7. The van der Waals surface area contributed by atoms with Gasteiger partial charge < -0.3 is 14.6 Å². The van der Waals surface area contributed by atoms with Crippen LogP contribution in [0.3, 0.4) is 0 Å². The van der Waals surface area contributed by atoms with E-state index in [1.807, 2.05) is 36.4 Å². The smallest absolute Gasteiger partial charge is 0.231 e. The largest absolute Gasteiger partial charge is 0.454 e. The molecule has 29 heavy (non-hydrogen) atoms. The van der Waals surface area contributed by atoms with Crippen LogP contribution in [0.5, 0.6) is 11.5 Å². The van der Waals surface area contributed by atoms with Crippen molar-refractivity contribution in [2.24, 2.45) is 5.10 Å². The molecule has 0 fully saturated rings. The second kappa shape index (κ2) is 6.93. The molecule has 2 atom stereocenters. The number of aliphatic hydroxyl groups is 1. The Morgan fingerprint density at radius 1 is 1.03 bits per heavy atom. The number of benzene rings is 2. The molecule has 7 nitrogen and oxygen atoms in total. The molecule has 1 N–H and O–H groups in total.